The van der Waals surface area contributed by atoms with Gasteiger partial charge in [0, 0.05) is 24.7 Å². The lowest BCUT2D eigenvalue weighted by Crippen LogP contribution is -2.57. The molecule has 2 aliphatic rings. The molecule has 0 amide bonds. The highest BCUT2D eigenvalue weighted by molar-refractivity contribution is 4.97. The first-order chi connectivity index (χ1) is 9.11. The third-order valence-corrected chi connectivity index (χ3v) is 5.85. The van der Waals surface area contributed by atoms with Gasteiger partial charge in [-0.1, -0.05) is 26.2 Å². The Bertz CT molecular complexity index is 281. The van der Waals surface area contributed by atoms with Gasteiger partial charge in [0.2, 0.25) is 0 Å². The van der Waals surface area contributed by atoms with Crippen LogP contribution < -0.4 is 5.73 Å². The van der Waals surface area contributed by atoms with Crippen LogP contribution in [-0.2, 0) is 0 Å². The number of hydrogen-bond donors (Lipinski definition) is 1. The van der Waals surface area contributed by atoms with Crippen molar-refractivity contribution in [2.75, 3.05) is 33.7 Å². The molecule has 1 aliphatic carbocycles. The lowest BCUT2D eigenvalue weighted by atomic mass is 9.73. The first kappa shape index (κ1) is 15.3. The van der Waals surface area contributed by atoms with Crippen molar-refractivity contribution in [2.45, 2.75) is 63.5 Å². The van der Waals surface area contributed by atoms with Crippen LogP contribution in [-0.4, -0.2) is 55.1 Å². The van der Waals surface area contributed by atoms with E-state index < -0.39 is 0 Å². The predicted octanol–water partition coefficient (Wildman–Crippen LogP) is 2.31. The van der Waals surface area contributed by atoms with Gasteiger partial charge in [0.05, 0.1) is 0 Å². The van der Waals surface area contributed by atoms with Crippen LogP contribution in [0, 0.1) is 5.92 Å². The molecule has 0 aromatic heterocycles. The molecule has 112 valence electrons. The van der Waals surface area contributed by atoms with Crippen molar-refractivity contribution in [2.24, 2.45) is 11.7 Å². The Labute approximate surface area is 119 Å². The summed E-state index contributed by atoms with van der Waals surface area (Å²) >= 11 is 0. The van der Waals surface area contributed by atoms with Gasteiger partial charge >= 0.3 is 0 Å². The van der Waals surface area contributed by atoms with Crippen LogP contribution in [0.2, 0.25) is 0 Å². The molecule has 0 radical (unpaired) electrons. The quantitative estimate of drug-likeness (QED) is 0.829. The van der Waals surface area contributed by atoms with Gasteiger partial charge in [0.25, 0.3) is 0 Å². The van der Waals surface area contributed by atoms with E-state index in [9.17, 15) is 0 Å². The second kappa shape index (κ2) is 6.55. The minimum Gasteiger partial charge on any atom is -0.329 e. The molecule has 1 heterocycles. The van der Waals surface area contributed by atoms with Crippen molar-refractivity contribution in [1.29, 1.82) is 0 Å². The third-order valence-electron chi connectivity index (χ3n) is 5.85. The van der Waals surface area contributed by atoms with E-state index in [1.807, 2.05) is 0 Å². The molecular weight excluding hydrogens is 234 g/mol. The van der Waals surface area contributed by atoms with Crippen LogP contribution in [0.25, 0.3) is 0 Å². The highest BCUT2D eigenvalue weighted by atomic mass is 15.2. The van der Waals surface area contributed by atoms with E-state index in [-0.39, 0.29) is 5.54 Å². The lowest BCUT2D eigenvalue weighted by Gasteiger charge is -2.48. The molecule has 3 atom stereocenters. The summed E-state index contributed by atoms with van der Waals surface area (Å²) in [4.78, 5) is 5.14. The van der Waals surface area contributed by atoms with Crippen LogP contribution in [0.5, 0.6) is 0 Å². The predicted molar refractivity (Wildman–Crippen MR) is 82.3 cm³/mol. The molecule has 1 saturated carbocycles. The van der Waals surface area contributed by atoms with E-state index in [4.69, 9.17) is 5.73 Å². The Morgan fingerprint density at radius 1 is 1.32 bits per heavy atom. The molecule has 1 saturated heterocycles. The maximum absolute atomic E-state index is 6.21. The lowest BCUT2D eigenvalue weighted by molar-refractivity contribution is 0.0404. The van der Waals surface area contributed by atoms with Crippen molar-refractivity contribution < 1.29 is 0 Å². The minimum atomic E-state index is 0.280. The fourth-order valence-corrected chi connectivity index (χ4v) is 4.22. The van der Waals surface area contributed by atoms with Gasteiger partial charge in [-0.2, -0.15) is 0 Å². The molecule has 0 spiro atoms. The van der Waals surface area contributed by atoms with Crippen LogP contribution in [0.1, 0.15) is 51.9 Å². The maximum atomic E-state index is 6.21. The van der Waals surface area contributed by atoms with Crippen molar-refractivity contribution in [1.82, 2.24) is 9.80 Å². The number of hydrogen-bond acceptors (Lipinski definition) is 3. The SMILES string of the molecule is CCC1CCCC(CN)(N(C)CC2CCCN2C)C1. The number of nitrogens with zero attached hydrogens (tertiary/aromatic N) is 2. The molecule has 3 nitrogen and oxygen atoms in total. The molecule has 0 aromatic rings. The van der Waals surface area contributed by atoms with Crippen molar-refractivity contribution in [3.05, 3.63) is 0 Å². The summed E-state index contributed by atoms with van der Waals surface area (Å²) in [7, 11) is 4.59. The van der Waals surface area contributed by atoms with E-state index in [1.165, 1.54) is 58.0 Å². The molecule has 2 N–H and O–H groups in total. The second-order valence-corrected chi connectivity index (χ2v) is 6.96. The summed E-state index contributed by atoms with van der Waals surface area (Å²) in [6.45, 7) is 5.63. The smallest absolute Gasteiger partial charge is 0.0332 e. The fraction of sp³-hybridized carbons (Fsp3) is 1.00. The van der Waals surface area contributed by atoms with E-state index >= 15 is 0 Å². The van der Waals surface area contributed by atoms with Gasteiger partial charge in [-0.3, -0.25) is 4.90 Å². The summed E-state index contributed by atoms with van der Waals surface area (Å²) in [5.41, 5.74) is 6.49. The summed E-state index contributed by atoms with van der Waals surface area (Å²) in [5.74, 6) is 0.890. The Morgan fingerprint density at radius 3 is 2.68 bits per heavy atom. The van der Waals surface area contributed by atoms with Gasteiger partial charge in [0.1, 0.15) is 0 Å². The van der Waals surface area contributed by atoms with Crippen molar-refractivity contribution in [3.8, 4) is 0 Å². The van der Waals surface area contributed by atoms with Gasteiger partial charge in [0.15, 0.2) is 0 Å². The summed E-state index contributed by atoms with van der Waals surface area (Å²) in [5, 5.41) is 0. The number of likely N-dealkylation sites (N-methyl/N-ethyl adjacent to an activating group) is 2. The standard InChI is InChI=1S/C16H33N3/c1-4-14-7-5-9-16(11-14,13-17)19(3)12-15-8-6-10-18(15)2/h14-15H,4-13,17H2,1-3H3. The fourth-order valence-electron chi connectivity index (χ4n) is 4.22. The zero-order chi connectivity index (χ0) is 13.9. The molecule has 3 heteroatoms. The number of likely N-dealkylation sites (tertiary alicyclic amines) is 1. The Morgan fingerprint density at radius 2 is 2.11 bits per heavy atom. The van der Waals surface area contributed by atoms with Crippen LogP contribution in [0.15, 0.2) is 0 Å². The molecule has 19 heavy (non-hydrogen) atoms. The minimum absolute atomic E-state index is 0.280. The van der Waals surface area contributed by atoms with Gasteiger partial charge in [-0.25, -0.2) is 0 Å². The zero-order valence-corrected chi connectivity index (χ0v) is 13.2. The molecule has 2 rings (SSSR count). The Hall–Kier alpha value is -0.120. The molecular formula is C16H33N3. The zero-order valence-electron chi connectivity index (χ0n) is 13.2. The van der Waals surface area contributed by atoms with Gasteiger partial charge < -0.3 is 10.6 Å². The highest BCUT2D eigenvalue weighted by Gasteiger charge is 2.39. The molecule has 1 aliphatic heterocycles. The monoisotopic (exact) mass is 267 g/mol. The summed E-state index contributed by atoms with van der Waals surface area (Å²) in [6.07, 6.45) is 9.43. The number of nitrogens with two attached hydrogens (primary N) is 1. The first-order valence-electron chi connectivity index (χ1n) is 8.23. The largest absolute Gasteiger partial charge is 0.329 e. The topological polar surface area (TPSA) is 32.5 Å². The van der Waals surface area contributed by atoms with Crippen molar-refractivity contribution >= 4 is 0 Å². The van der Waals surface area contributed by atoms with E-state index in [0.717, 1.165) is 18.5 Å². The van der Waals surface area contributed by atoms with E-state index in [2.05, 4.69) is 30.8 Å². The molecule has 2 fully saturated rings. The van der Waals surface area contributed by atoms with E-state index in [0.29, 0.717) is 0 Å². The second-order valence-electron chi connectivity index (χ2n) is 6.96. The average molecular weight is 267 g/mol. The van der Waals surface area contributed by atoms with Crippen LogP contribution in [0.4, 0.5) is 0 Å². The van der Waals surface area contributed by atoms with Gasteiger partial charge in [-0.05, 0) is 52.2 Å². The van der Waals surface area contributed by atoms with Crippen LogP contribution in [0.3, 0.4) is 0 Å². The molecule has 3 unspecified atom stereocenters. The summed E-state index contributed by atoms with van der Waals surface area (Å²) < 4.78 is 0. The van der Waals surface area contributed by atoms with Crippen LogP contribution >= 0.6 is 0 Å². The Kier molecular flexibility index (Phi) is 5.27. The normalized spacial score (nSPS) is 37.1. The Balaban J connectivity index is 1.98. The maximum Gasteiger partial charge on any atom is 0.0332 e. The third kappa shape index (κ3) is 3.32. The molecule has 0 aromatic carbocycles. The molecule has 0 bridgehead atoms. The first-order valence-corrected chi connectivity index (χ1v) is 8.23. The highest BCUT2D eigenvalue weighted by Crippen LogP contribution is 2.37. The van der Waals surface area contributed by atoms with Crippen molar-refractivity contribution in [3.63, 3.8) is 0 Å². The van der Waals surface area contributed by atoms with Gasteiger partial charge in [-0.15, -0.1) is 0 Å². The average Bonchev–Trinajstić information content (AvgIpc) is 2.84. The van der Waals surface area contributed by atoms with E-state index in [1.54, 1.807) is 0 Å². The summed E-state index contributed by atoms with van der Waals surface area (Å²) in [6, 6.07) is 0.746. The number of rotatable bonds is 5.